The number of ether oxygens (including phenoxy) is 6. The second-order valence-electron chi connectivity index (χ2n) is 33.1. The number of pyridine rings is 2. The molecule has 642 valence electrons. The zero-order valence-corrected chi connectivity index (χ0v) is 70.3. The van der Waals surface area contributed by atoms with Crippen LogP contribution in [0.25, 0.3) is 44.6 Å². The predicted molar refractivity (Wildman–Crippen MR) is 445 cm³/mol. The molecule has 11 atom stereocenters. The highest BCUT2D eigenvalue weighted by molar-refractivity contribution is 7.60. The van der Waals surface area contributed by atoms with Gasteiger partial charge in [-0.1, -0.05) is 68.5 Å². The van der Waals surface area contributed by atoms with Gasteiger partial charge >= 0.3 is 26.0 Å². The number of alkyl carbamates (subject to hydrolysis) is 2. The van der Waals surface area contributed by atoms with Crippen LogP contribution >= 0.6 is 37.6 Å². The molecular weight excluding hydrogens is 1600 g/mol. The van der Waals surface area contributed by atoms with E-state index in [-0.39, 0.29) is 77.9 Å². The van der Waals surface area contributed by atoms with Crippen molar-refractivity contribution in [3.63, 3.8) is 0 Å². The van der Waals surface area contributed by atoms with Crippen molar-refractivity contribution in [2.45, 2.75) is 239 Å². The number of nitrogens with one attached hydrogen (secondary N) is 6. The number of nitrogens with zero attached hydrogens (tertiary/aromatic N) is 6. The fourth-order valence-corrected chi connectivity index (χ4v) is 20.2. The molecular formula is C81H113F3N12O17P2S2. The van der Waals surface area contributed by atoms with Crippen LogP contribution in [0.4, 0.5) is 33.0 Å². The molecule has 2 unspecified atom stereocenters. The molecule has 6 fully saturated rings. The molecule has 117 heavy (non-hydrogen) atoms. The van der Waals surface area contributed by atoms with Crippen molar-refractivity contribution in [3.05, 3.63) is 84.6 Å². The Labute approximate surface area is 689 Å². The summed E-state index contributed by atoms with van der Waals surface area (Å²) in [7, 11) is -5.90. The van der Waals surface area contributed by atoms with Crippen molar-refractivity contribution in [1.29, 1.82) is 0 Å². The summed E-state index contributed by atoms with van der Waals surface area (Å²) in [6, 6.07) is 9.78. The number of hydrogen-bond acceptors (Lipinski definition) is 23. The fraction of sp³-hybridized carbons (Fsp3) is 0.580. The van der Waals surface area contributed by atoms with Gasteiger partial charge in [-0.15, -0.1) is 35.8 Å². The van der Waals surface area contributed by atoms with Gasteiger partial charge in [0.15, 0.2) is 10.3 Å². The highest BCUT2D eigenvalue weighted by Gasteiger charge is 2.67. The Hall–Kier alpha value is -8.65. The molecule has 29 nitrogen and oxygen atoms in total. The zero-order chi connectivity index (χ0) is 83.7. The maximum absolute atomic E-state index is 14.8. The standard InChI is InChI=1S/C41H54F3N6O8PS.C38H51N6O9PS.2CH4/c1-9-24-19-40(24,59(8,54)56-22-41(42,43)44)49-35(51)32-17-27(20-50(32)36(52)34(39(4,5)6)48-38(53)58-25-12-10-11-13-25)57-33-18-30(31-21-60-37(47-31)45-23(2)3)46-29-16-26(55-7)14-15-28(29)33;1-8-22-18-38(22,54(48,49)50)43-33(45)30-16-25(19-44(30)34(46)32(37(4,5)6)42-36(47)53-23-11-9-10-12-23)52-31-17-28(29-20-55-35(41-29)39-21(2)3)40-27-15-24(51-7)13-14-26(27)31;;/h9,14-16,18,21,23-25,27,32,34H,1,10-13,17,19-20,22H2,2-8H3,(H,45,47)(H,48,53)(H,49,51);8,13-15,17,20-23,25,30,32H,1,9-12,16,18-19H2,2-7H3,(H,39,41)(H,42,47)(H,43,45)(H2,48,49,50);2*1H4/t24-,27-,32+,34-,40+,59?;22-,25-,30?,32-,38+;;/m11../s1. The number of thiazole rings is 2. The molecule has 6 aromatic rings. The molecule has 6 aliphatic rings. The summed E-state index contributed by atoms with van der Waals surface area (Å²) in [6.07, 6.45) is 1.13. The van der Waals surface area contributed by atoms with E-state index in [1.165, 1.54) is 44.6 Å². The largest absolute Gasteiger partial charge is 0.497 e. The average molecular weight is 1710 g/mol. The second-order valence-corrected chi connectivity index (χ2v) is 39.5. The van der Waals surface area contributed by atoms with Crippen LogP contribution in [-0.4, -0.2) is 193 Å². The number of halogens is 3. The number of carbonyl (C=O) groups is 6. The lowest BCUT2D eigenvalue weighted by Gasteiger charge is -2.36. The molecule has 4 saturated carbocycles. The molecule has 6 amide bonds. The van der Waals surface area contributed by atoms with Crippen molar-refractivity contribution >= 4 is 106 Å². The van der Waals surface area contributed by atoms with Gasteiger partial charge in [0, 0.05) is 89.2 Å². The maximum Gasteiger partial charge on any atom is 0.412 e. The van der Waals surface area contributed by atoms with Crippen LogP contribution < -0.4 is 50.8 Å². The topological polar surface area (TPSA) is 372 Å². The number of anilines is 2. The van der Waals surface area contributed by atoms with Crippen LogP contribution in [0, 0.1) is 22.7 Å². The third-order valence-corrected chi connectivity index (χ3v) is 27.3. The van der Waals surface area contributed by atoms with E-state index in [1.807, 2.05) is 44.5 Å². The first-order valence-electron chi connectivity index (χ1n) is 38.6. The van der Waals surface area contributed by atoms with Crippen LogP contribution in [0.1, 0.15) is 161 Å². The normalized spacial score (nSPS) is 23.0. The number of rotatable bonds is 28. The number of benzene rings is 2. The monoisotopic (exact) mass is 1710 g/mol. The number of alkyl halides is 3. The molecule has 0 spiro atoms. The van der Waals surface area contributed by atoms with Gasteiger partial charge in [-0.05, 0) is 127 Å². The van der Waals surface area contributed by atoms with E-state index in [0.29, 0.717) is 85.6 Å². The summed E-state index contributed by atoms with van der Waals surface area (Å²) in [6.45, 7) is 25.3. The predicted octanol–water partition coefficient (Wildman–Crippen LogP) is 15.2. The Morgan fingerprint density at radius 3 is 1.32 bits per heavy atom. The molecule has 2 saturated heterocycles. The Kier molecular flexibility index (Phi) is 29.1. The first kappa shape index (κ1) is 92.2. The fourth-order valence-electron chi connectivity index (χ4n) is 15.1. The van der Waals surface area contributed by atoms with Gasteiger partial charge in [0.25, 0.3) is 0 Å². The summed E-state index contributed by atoms with van der Waals surface area (Å²) < 4.78 is 107. The number of likely N-dealkylation sites (tertiary alicyclic amines) is 2. The number of aromatic nitrogens is 4. The first-order valence-corrected chi connectivity index (χ1v) is 44.0. The van der Waals surface area contributed by atoms with Gasteiger partial charge < -0.3 is 84.4 Å². The lowest BCUT2D eigenvalue weighted by molar-refractivity contribution is -0.153. The van der Waals surface area contributed by atoms with Crippen molar-refractivity contribution in [2.24, 2.45) is 22.7 Å². The Bertz CT molecular complexity index is 4710. The smallest absolute Gasteiger partial charge is 0.412 e. The highest BCUT2D eigenvalue weighted by Crippen LogP contribution is 2.71. The van der Waals surface area contributed by atoms with Crippen molar-refractivity contribution in [1.82, 2.24) is 51.0 Å². The number of carbonyl (C=O) groups excluding carboxylic acids is 6. The minimum atomic E-state index is -4.83. The van der Waals surface area contributed by atoms with E-state index >= 15 is 0 Å². The van der Waals surface area contributed by atoms with E-state index in [1.54, 1.807) is 98.2 Å². The summed E-state index contributed by atoms with van der Waals surface area (Å²) >= 11 is 2.86. The minimum absolute atomic E-state index is 0. The van der Waals surface area contributed by atoms with Crippen LogP contribution in [0.5, 0.6) is 23.0 Å². The number of hydrogen-bond donors (Lipinski definition) is 8. The third-order valence-electron chi connectivity index (χ3n) is 21.4. The van der Waals surface area contributed by atoms with Gasteiger partial charge in [-0.2, -0.15) is 13.2 Å². The number of methoxy groups -OCH3 is 2. The van der Waals surface area contributed by atoms with Crippen LogP contribution in [-0.2, 0) is 42.3 Å². The lowest BCUT2D eigenvalue weighted by atomic mass is 9.85. The summed E-state index contributed by atoms with van der Waals surface area (Å²) in [5.74, 6) is -2.02. The molecule has 8 N–H and O–H groups in total. The molecule has 0 bridgehead atoms. The highest BCUT2D eigenvalue weighted by atomic mass is 32.1. The second kappa shape index (κ2) is 36.9. The van der Waals surface area contributed by atoms with Gasteiger partial charge in [0.2, 0.25) is 31.0 Å². The van der Waals surface area contributed by atoms with Crippen LogP contribution in [0.15, 0.2) is 84.6 Å². The molecule has 4 aliphatic carbocycles. The van der Waals surface area contributed by atoms with Crippen molar-refractivity contribution in [2.75, 3.05) is 51.2 Å². The van der Waals surface area contributed by atoms with E-state index in [4.69, 9.17) is 52.9 Å². The maximum atomic E-state index is 14.8. The summed E-state index contributed by atoms with van der Waals surface area (Å²) in [5, 5.41) is 20.4. The van der Waals surface area contributed by atoms with Crippen molar-refractivity contribution < 1.29 is 93.8 Å². The molecule has 6 heterocycles. The van der Waals surface area contributed by atoms with Gasteiger partial charge in [-0.3, -0.25) is 28.3 Å². The van der Waals surface area contributed by atoms with Gasteiger partial charge in [0.05, 0.1) is 49.7 Å². The molecule has 2 aromatic carbocycles. The molecule has 12 rings (SSSR count). The zero-order valence-electron chi connectivity index (χ0n) is 66.9. The SMILES string of the molecule is C.C.C=C[C@@H]1C[C@]1(NC(=O)C1C[C@@H](Oc2cc(-c3csc(NC(C)C)n3)nc3cc(OC)ccc23)CN1C(=O)[C@@H](NC(=O)OC1CCCC1)C(C)(C)C)P(=O)(O)O.C=C[C@@H]1C[C@]1(NC(=O)[C@@H]1C[C@@H](Oc2cc(-c3csc(NC(C)C)n3)nc3cc(OC)ccc23)CN1C(=O)[C@@H](NC(=O)OC1CCCC1)C(C)(C)C)P(C)(=O)OCC(F)(F)F. The van der Waals surface area contributed by atoms with E-state index < -0.39 is 133 Å². The van der Waals surface area contributed by atoms with E-state index in [9.17, 15) is 60.9 Å². The van der Waals surface area contributed by atoms with Crippen LogP contribution in [0.2, 0.25) is 0 Å². The number of amides is 6. The molecule has 2 aliphatic heterocycles. The van der Waals surface area contributed by atoms with Gasteiger partial charge in [-0.25, -0.2) is 29.5 Å². The number of fused-ring (bicyclic) bond motifs is 2. The average Bonchev–Trinajstić information content (AvgIpc) is 1.56. The minimum Gasteiger partial charge on any atom is -0.497 e. The first-order chi connectivity index (χ1) is 54.0. The summed E-state index contributed by atoms with van der Waals surface area (Å²) in [5.41, 5.74) is 1.68. The summed E-state index contributed by atoms with van der Waals surface area (Å²) in [4.78, 5) is 127. The quantitative estimate of drug-likeness (QED) is 0.0167. The van der Waals surface area contributed by atoms with Crippen LogP contribution in [0.3, 0.4) is 0 Å². The molecule has 4 aromatic heterocycles. The van der Waals surface area contributed by atoms with E-state index in [0.717, 1.165) is 50.3 Å². The Balaban J connectivity index is 0.000000264. The molecule has 36 heteroatoms. The van der Waals surface area contributed by atoms with Gasteiger partial charge in [0.1, 0.15) is 100 Å². The molecule has 0 radical (unpaired) electrons. The van der Waals surface area contributed by atoms with Crippen molar-refractivity contribution in [3.8, 4) is 45.8 Å². The Morgan fingerprint density at radius 2 is 0.983 bits per heavy atom. The third kappa shape index (κ3) is 21.7. The Morgan fingerprint density at radius 1 is 0.598 bits per heavy atom. The lowest BCUT2D eigenvalue weighted by Crippen LogP contribution is -2.58. The van der Waals surface area contributed by atoms with E-state index in [2.05, 4.69) is 45.1 Å².